The molecular formula is C11H15Cl2NS. The lowest BCUT2D eigenvalue weighted by atomic mass is 10.1. The van der Waals surface area contributed by atoms with Crippen LogP contribution in [0, 0.1) is 0 Å². The zero-order valence-electron chi connectivity index (χ0n) is 8.72. The minimum Gasteiger partial charge on any atom is -0.307 e. The second kappa shape index (κ2) is 5.05. The topological polar surface area (TPSA) is 12.0 Å². The van der Waals surface area contributed by atoms with Gasteiger partial charge in [-0.25, -0.2) is 0 Å². The maximum absolute atomic E-state index is 6.12. The van der Waals surface area contributed by atoms with Crippen molar-refractivity contribution in [1.29, 1.82) is 0 Å². The quantitative estimate of drug-likeness (QED) is 0.838. The van der Waals surface area contributed by atoms with Crippen LogP contribution >= 0.6 is 34.5 Å². The van der Waals surface area contributed by atoms with Crippen LogP contribution < -0.4 is 5.32 Å². The Balaban J connectivity index is 2.00. The normalized spacial score (nSPS) is 19.7. The lowest BCUT2D eigenvalue weighted by molar-refractivity contribution is 0.462. The number of nitrogens with one attached hydrogen (secondary N) is 1. The van der Waals surface area contributed by atoms with Crippen LogP contribution in [-0.4, -0.2) is 6.04 Å². The minimum absolute atomic E-state index is 0.310. The van der Waals surface area contributed by atoms with Gasteiger partial charge >= 0.3 is 0 Å². The van der Waals surface area contributed by atoms with E-state index < -0.39 is 0 Å². The van der Waals surface area contributed by atoms with Crippen molar-refractivity contribution in [2.75, 3.05) is 0 Å². The first-order chi connectivity index (χ1) is 7.16. The molecule has 15 heavy (non-hydrogen) atoms. The van der Waals surface area contributed by atoms with Crippen LogP contribution in [0.1, 0.15) is 44.2 Å². The van der Waals surface area contributed by atoms with E-state index in [0.29, 0.717) is 12.1 Å². The summed E-state index contributed by atoms with van der Waals surface area (Å²) in [7, 11) is 0. The van der Waals surface area contributed by atoms with E-state index in [0.717, 1.165) is 14.2 Å². The standard InChI is InChI=1S/C11H15Cl2NS/c1-7(14-8-4-2-3-5-8)9-6-10(12)15-11(9)13/h6-8,14H,2-5H2,1H3. The summed E-state index contributed by atoms with van der Waals surface area (Å²) in [6.45, 7) is 2.16. The SMILES string of the molecule is CC(NC1CCCC1)c1cc(Cl)sc1Cl. The molecule has 1 aliphatic carbocycles. The summed E-state index contributed by atoms with van der Waals surface area (Å²) in [5, 5.41) is 3.61. The summed E-state index contributed by atoms with van der Waals surface area (Å²) in [5.41, 5.74) is 1.14. The van der Waals surface area contributed by atoms with Gasteiger partial charge in [0.1, 0.15) is 0 Å². The third-order valence-corrected chi connectivity index (χ3v) is 4.51. The highest BCUT2D eigenvalue weighted by Gasteiger charge is 2.19. The molecule has 1 heterocycles. The van der Waals surface area contributed by atoms with Crippen LogP contribution in [0.3, 0.4) is 0 Å². The minimum atomic E-state index is 0.310. The van der Waals surface area contributed by atoms with Crippen molar-refractivity contribution in [2.24, 2.45) is 0 Å². The Bertz CT molecular complexity index is 331. The first kappa shape index (κ1) is 11.7. The molecular weight excluding hydrogens is 249 g/mol. The lowest BCUT2D eigenvalue weighted by Crippen LogP contribution is -2.28. The molecule has 4 heteroatoms. The van der Waals surface area contributed by atoms with Crippen LogP contribution in [0.25, 0.3) is 0 Å². The third kappa shape index (κ3) is 2.88. The summed E-state index contributed by atoms with van der Waals surface area (Å²) >= 11 is 13.5. The zero-order chi connectivity index (χ0) is 10.8. The van der Waals surface area contributed by atoms with Gasteiger partial charge in [-0.05, 0) is 31.4 Å². The Hall–Kier alpha value is 0.240. The van der Waals surface area contributed by atoms with E-state index in [1.807, 2.05) is 6.07 Å². The lowest BCUT2D eigenvalue weighted by Gasteiger charge is -2.18. The van der Waals surface area contributed by atoms with Crippen LogP contribution in [-0.2, 0) is 0 Å². The van der Waals surface area contributed by atoms with E-state index in [-0.39, 0.29) is 0 Å². The molecule has 0 spiro atoms. The molecule has 2 rings (SSSR count). The van der Waals surface area contributed by atoms with Gasteiger partial charge in [-0.15, -0.1) is 11.3 Å². The van der Waals surface area contributed by atoms with Crippen molar-refractivity contribution in [2.45, 2.75) is 44.7 Å². The van der Waals surface area contributed by atoms with E-state index in [9.17, 15) is 0 Å². The summed E-state index contributed by atoms with van der Waals surface area (Å²) in [6, 6.07) is 2.94. The van der Waals surface area contributed by atoms with Crippen molar-refractivity contribution >= 4 is 34.5 Å². The van der Waals surface area contributed by atoms with E-state index in [1.165, 1.54) is 37.0 Å². The Morgan fingerprint density at radius 3 is 2.60 bits per heavy atom. The summed E-state index contributed by atoms with van der Waals surface area (Å²) in [5.74, 6) is 0. The molecule has 1 nitrogen and oxygen atoms in total. The molecule has 1 aliphatic rings. The maximum Gasteiger partial charge on any atom is 0.0991 e. The van der Waals surface area contributed by atoms with Crippen molar-refractivity contribution in [3.63, 3.8) is 0 Å². The highest BCUT2D eigenvalue weighted by molar-refractivity contribution is 7.20. The average Bonchev–Trinajstić information content (AvgIpc) is 2.75. The number of hydrogen-bond acceptors (Lipinski definition) is 2. The van der Waals surface area contributed by atoms with Gasteiger partial charge in [-0.3, -0.25) is 0 Å². The molecule has 1 atom stereocenters. The summed E-state index contributed by atoms with van der Waals surface area (Å²) in [4.78, 5) is 0. The molecule has 0 bridgehead atoms. The molecule has 0 aliphatic heterocycles. The fraction of sp³-hybridized carbons (Fsp3) is 0.636. The van der Waals surface area contributed by atoms with Gasteiger partial charge in [0, 0.05) is 12.1 Å². The fourth-order valence-electron chi connectivity index (χ4n) is 2.18. The van der Waals surface area contributed by atoms with Crippen molar-refractivity contribution < 1.29 is 0 Å². The van der Waals surface area contributed by atoms with Gasteiger partial charge in [-0.1, -0.05) is 36.0 Å². The summed E-state index contributed by atoms with van der Waals surface area (Å²) in [6.07, 6.45) is 5.28. The molecule has 0 saturated heterocycles. The van der Waals surface area contributed by atoms with Gasteiger partial charge in [0.15, 0.2) is 0 Å². The molecule has 84 valence electrons. The smallest absolute Gasteiger partial charge is 0.0991 e. The Labute approximate surface area is 105 Å². The van der Waals surface area contributed by atoms with Gasteiger partial charge < -0.3 is 5.32 Å². The van der Waals surface area contributed by atoms with Crippen LogP contribution in [0.4, 0.5) is 0 Å². The van der Waals surface area contributed by atoms with Gasteiger partial charge in [0.2, 0.25) is 0 Å². The molecule has 1 unspecified atom stereocenters. The number of rotatable bonds is 3. The third-order valence-electron chi connectivity index (χ3n) is 2.99. The summed E-state index contributed by atoms with van der Waals surface area (Å²) < 4.78 is 1.59. The van der Waals surface area contributed by atoms with E-state index >= 15 is 0 Å². The second-order valence-electron chi connectivity index (χ2n) is 4.15. The highest BCUT2D eigenvalue weighted by atomic mass is 35.5. The monoisotopic (exact) mass is 263 g/mol. The fourth-order valence-corrected chi connectivity index (χ4v) is 3.83. The largest absolute Gasteiger partial charge is 0.307 e. The van der Waals surface area contributed by atoms with Gasteiger partial charge in [-0.2, -0.15) is 0 Å². The molecule has 1 saturated carbocycles. The zero-order valence-corrected chi connectivity index (χ0v) is 11.1. The number of thiophene rings is 1. The first-order valence-corrected chi connectivity index (χ1v) is 6.95. The van der Waals surface area contributed by atoms with Gasteiger partial charge in [0.05, 0.1) is 8.67 Å². The highest BCUT2D eigenvalue weighted by Crippen LogP contribution is 2.35. The molecule has 1 fully saturated rings. The van der Waals surface area contributed by atoms with E-state index in [1.54, 1.807) is 0 Å². The van der Waals surface area contributed by atoms with Crippen LogP contribution in [0.15, 0.2) is 6.07 Å². The van der Waals surface area contributed by atoms with Crippen LogP contribution in [0.5, 0.6) is 0 Å². The Morgan fingerprint density at radius 2 is 2.07 bits per heavy atom. The maximum atomic E-state index is 6.12. The van der Waals surface area contributed by atoms with Crippen molar-refractivity contribution in [3.8, 4) is 0 Å². The molecule has 1 N–H and O–H groups in total. The first-order valence-electron chi connectivity index (χ1n) is 5.37. The van der Waals surface area contributed by atoms with Crippen molar-refractivity contribution in [1.82, 2.24) is 5.32 Å². The average molecular weight is 264 g/mol. The Kier molecular flexibility index (Phi) is 3.94. The second-order valence-corrected chi connectivity index (χ2v) is 6.43. The number of hydrogen-bond donors (Lipinski definition) is 1. The molecule has 0 radical (unpaired) electrons. The predicted molar refractivity (Wildman–Crippen MR) is 68.1 cm³/mol. The van der Waals surface area contributed by atoms with E-state index in [4.69, 9.17) is 23.2 Å². The molecule has 0 amide bonds. The van der Waals surface area contributed by atoms with Crippen molar-refractivity contribution in [3.05, 3.63) is 20.3 Å². The Morgan fingerprint density at radius 1 is 1.40 bits per heavy atom. The predicted octanol–water partition coefficient (Wildman–Crippen LogP) is 4.65. The van der Waals surface area contributed by atoms with Crippen LogP contribution in [0.2, 0.25) is 8.67 Å². The number of halogens is 2. The molecule has 1 aromatic rings. The molecule has 1 aromatic heterocycles. The molecule has 0 aromatic carbocycles. The van der Waals surface area contributed by atoms with E-state index in [2.05, 4.69) is 12.2 Å². The van der Waals surface area contributed by atoms with Gasteiger partial charge in [0.25, 0.3) is 0 Å².